The van der Waals surface area contributed by atoms with Gasteiger partial charge in [0, 0.05) is 12.1 Å². The fourth-order valence-electron chi connectivity index (χ4n) is 2.63. The van der Waals surface area contributed by atoms with Crippen LogP contribution in [0.1, 0.15) is 0 Å². The number of halogens is 2. The first-order chi connectivity index (χ1) is 9.67. The van der Waals surface area contributed by atoms with Crippen molar-refractivity contribution < 1.29 is 31.0 Å². The zero-order chi connectivity index (χ0) is 14.3. The van der Waals surface area contributed by atoms with Crippen LogP contribution in [0.25, 0.3) is 22.2 Å². The van der Waals surface area contributed by atoms with Gasteiger partial charge in [0.1, 0.15) is 7.05 Å². The van der Waals surface area contributed by atoms with Crippen LogP contribution < -0.4 is 31.0 Å². The second-order valence-corrected chi connectivity index (χ2v) is 5.47. The maximum absolute atomic E-state index is 5.46. The van der Waals surface area contributed by atoms with Crippen molar-refractivity contribution in [3.05, 3.63) is 40.9 Å². The van der Waals surface area contributed by atoms with E-state index in [1.54, 1.807) is 14.2 Å². The molecule has 0 saturated heterocycles. The van der Waals surface area contributed by atoms with Gasteiger partial charge in [0.25, 0.3) is 0 Å². The summed E-state index contributed by atoms with van der Waals surface area (Å²) in [5.74, 6) is 1.43. The summed E-state index contributed by atoms with van der Waals surface area (Å²) < 4.78 is 14.0. The Labute approximate surface area is 142 Å². The highest BCUT2D eigenvalue weighted by atomic mass is 79.9. The van der Waals surface area contributed by atoms with E-state index in [0.717, 1.165) is 21.5 Å². The minimum absolute atomic E-state index is 0. The van der Waals surface area contributed by atoms with Crippen LogP contribution in [0.5, 0.6) is 11.5 Å². The van der Waals surface area contributed by atoms with Gasteiger partial charge in [-0.05, 0) is 28.1 Å². The molecule has 1 aromatic rings. The molecule has 1 aliphatic carbocycles. The Kier molecular flexibility index (Phi) is 4.74. The van der Waals surface area contributed by atoms with Crippen LogP contribution in [0.3, 0.4) is 0 Å². The molecule has 1 heterocycles. The molecular formula is C16H15Br2NO2. The fourth-order valence-corrected chi connectivity index (χ4v) is 3.32. The molecule has 21 heavy (non-hydrogen) atoms. The number of para-hydroxylation sites is 1. The molecule has 1 aromatic carbocycles. The quantitative estimate of drug-likeness (QED) is 0.573. The van der Waals surface area contributed by atoms with Gasteiger partial charge in [-0.15, -0.1) is 0 Å². The van der Waals surface area contributed by atoms with Gasteiger partial charge in [0.15, 0.2) is 11.5 Å². The number of hydrogen-bond donors (Lipinski definition) is 0. The molecule has 3 rings (SSSR count). The topological polar surface area (TPSA) is 22.3 Å². The normalized spacial score (nSPS) is 10.5. The second kappa shape index (κ2) is 6.20. The van der Waals surface area contributed by atoms with Gasteiger partial charge in [0.05, 0.1) is 29.6 Å². The molecule has 110 valence electrons. The number of aryl methyl sites for hydroxylation is 1. The van der Waals surface area contributed by atoms with Crippen molar-refractivity contribution in [3.8, 4) is 22.8 Å². The zero-order valence-corrected chi connectivity index (χ0v) is 15.2. The summed E-state index contributed by atoms with van der Waals surface area (Å²) in [5, 5.41) is 1.20. The number of aromatic nitrogens is 1. The van der Waals surface area contributed by atoms with Crippen LogP contribution >= 0.6 is 15.9 Å². The molecular weight excluding hydrogens is 398 g/mol. The molecule has 1 aliphatic heterocycles. The van der Waals surface area contributed by atoms with Gasteiger partial charge in [-0.1, -0.05) is 12.1 Å². The van der Waals surface area contributed by atoms with Crippen molar-refractivity contribution in [2.45, 2.75) is 0 Å². The van der Waals surface area contributed by atoms with Gasteiger partial charge in [-0.2, -0.15) is 4.57 Å². The van der Waals surface area contributed by atoms with Gasteiger partial charge < -0.3 is 26.5 Å². The smallest absolute Gasteiger partial charge is 0.228 e. The summed E-state index contributed by atoms with van der Waals surface area (Å²) >= 11 is 3.65. The lowest BCUT2D eigenvalue weighted by molar-refractivity contribution is -0.631. The van der Waals surface area contributed by atoms with Gasteiger partial charge >= 0.3 is 0 Å². The highest BCUT2D eigenvalue weighted by molar-refractivity contribution is 9.10. The molecule has 3 nitrogen and oxygen atoms in total. The number of nitrogens with zero attached hydrogens (tertiary/aromatic N) is 1. The minimum Gasteiger partial charge on any atom is -1.00 e. The third-order valence-electron chi connectivity index (χ3n) is 3.59. The van der Waals surface area contributed by atoms with Crippen molar-refractivity contribution in [2.75, 3.05) is 14.2 Å². The number of benzene rings is 1. The van der Waals surface area contributed by atoms with Crippen LogP contribution in [0.2, 0.25) is 0 Å². The average molecular weight is 413 g/mol. The van der Waals surface area contributed by atoms with Crippen molar-refractivity contribution in [2.24, 2.45) is 7.05 Å². The lowest BCUT2D eigenvalue weighted by Crippen LogP contribution is -3.00. The summed E-state index contributed by atoms with van der Waals surface area (Å²) in [4.78, 5) is 0. The second-order valence-electron chi connectivity index (χ2n) is 4.61. The van der Waals surface area contributed by atoms with E-state index >= 15 is 0 Å². The molecule has 0 atom stereocenters. The molecule has 0 unspecified atom stereocenters. The Bertz CT molecular complexity index is 774. The Balaban J connectivity index is 0.00000161. The predicted molar refractivity (Wildman–Crippen MR) is 82.6 cm³/mol. The molecule has 2 aliphatic rings. The first kappa shape index (κ1) is 16.0. The standard InChI is InChI=1S/C16H15BrNO2.BrH/c1-18-13-7-5-4-6-10(13)11-8-14(19-2)15(20-3)9-12(17)16(11)18;/h4-9H,1-3H3;1H/q+1;/p-1. The maximum Gasteiger partial charge on any atom is 0.228 e. The van der Waals surface area contributed by atoms with Crippen molar-refractivity contribution in [1.82, 2.24) is 0 Å². The predicted octanol–water partition coefficient (Wildman–Crippen LogP) is 0.553. The number of rotatable bonds is 2. The zero-order valence-electron chi connectivity index (χ0n) is 12.0. The van der Waals surface area contributed by atoms with Crippen molar-refractivity contribution in [3.63, 3.8) is 0 Å². The van der Waals surface area contributed by atoms with Crippen molar-refractivity contribution in [1.29, 1.82) is 0 Å². The van der Waals surface area contributed by atoms with Crippen LogP contribution in [-0.4, -0.2) is 14.2 Å². The minimum atomic E-state index is 0. The summed E-state index contributed by atoms with van der Waals surface area (Å²) in [6.45, 7) is 0. The third kappa shape index (κ3) is 2.49. The number of hydrogen-bond acceptors (Lipinski definition) is 2. The molecule has 0 amide bonds. The van der Waals surface area contributed by atoms with E-state index in [-0.39, 0.29) is 17.0 Å². The first-order valence-electron chi connectivity index (χ1n) is 6.29. The fraction of sp³-hybridized carbons (Fsp3) is 0.188. The average Bonchev–Trinajstić information content (AvgIpc) is 2.66. The van der Waals surface area contributed by atoms with E-state index < -0.39 is 0 Å². The molecule has 0 saturated carbocycles. The molecule has 0 N–H and O–H groups in total. The summed E-state index contributed by atoms with van der Waals surface area (Å²) in [6.07, 6.45) is 0. The molecule has 0 aromatic heterocycles. The van der Waals surface area contributed by atoms with E-state index in [0.29, 0.717) is 5.75 Å². The van der Waals surface area contributed by atoms with E-state index in [4.69, 9.17) is 9.47 Å². The SMILES string of the molecule is COc1cc(Br)c2[n+](C)c3ccccc3c-2cc1OC.[Br-]. The van der Waals surface area contributed by atoms with E-state index in [1.165, 1.54) is 10.9 Å². The van der Waals surface area contributed by atoms with Crippen LogP contribution in [-0.2, 0) is 7.05 Å². The molecule has 0 spiro atoms. The highest BCUT2D eigenvalue weighted by Gasteiger charge is 2.26. The number of ether oxygens (including phenoxy) is 2. The van der Waals surface area contributed by atoms with Gasteiger partial charge in [-0.3, -0.25) is 0 Å². The number of methoxy groups -OCH3 is 2. The van der Waals surface area contributed by atoms with Gasteiger partial charge in [-0.25, -0.2) is 0 Å². The molecule has 5 heteroatoms. The highest BCUT2D eigenvalue weighted by Crippen LogP contribution is 2.40. The first-order valence-corrected chi connectivity index (χ1v) is 7.08. The maximum atomic E-state index is 5.46. The van der Waals surface area contributed by atoms with E-state index in [2.05, 4.69) is 39.7 Å². The Morgan fingerprint density at radius 1 is 1.00 bits per heavy atom. The third-order valence-corrected chi connectivity index (χ3v) is 4.19. The lowest BCUT2D eigenvalue weighted by Gasteiger charge is -2.02. The summed E-state index contributed by atoms with van der Waals surface area (Å²) in [6, 6.07) is 12.3. The lowest BCUT2D eigenvalue weighted by atomic mass is 10.1. The molecule has 0 bridgehead atoms. The van der Waals surface area contributed by atoms with Crippen LogP contribution in [0.4, 0.5) is 0 Å². The summed E-state index contributed by atoms with van der Waals surface area (Å²) in [7, 11) is 5.37. The Morgan fingerprint density at radius 3 is 2.29 bits per heavy atom. The monoisotopic (exact) mass is 411 g/mol. The van der Waals surface area contributed by atoms with Crippen molar-refractivity contribution >= 4 is 26.8 Å². The van der Waals surface area contributed by atoms with E-state index in [1.807, 2.05) is 24.3 Å². The number of fused-ring (bicyclic) bond motifs is 3. The van der Waals surface area contributed by atoms with Crippen LogP contribution in [0, 0.1) is 0 Å². The molecule has 0 radical (unpaired) electrons. The Hall–Kier alpha value is -1.33. The van der Waals surface area contributed by atoms with Gasteiger partial charge in [0.2, 0.25) is 11.2 Å². The van der Waals surface area contributed by atoms with Crippen LogP contribution in [0.15, 0.2) is 40.9 Å². The largest absolute Gasteiger partial charge is 1.00 e. The molecule has 0 fully saturated rings. The summed E-state index contributed by atoms with van der Waals surface area (Å²) in [5.41, 5.74) is 3.44. The Morgan fingerprint density at radius 2 is 1.62 bits per heavy atom. The van der Waals surface area contributed by atoms with E-state index in [9.17, 15) is 0 Å².